The van der Waals surface area contributed by atoms with Crippen LogP contribution in [-0.2, 0) is 12.8 Å². The van der Waals surface area contributed by atoms with E-state index in [1.54, 1.807) is 0 Å². The van der Waals surface area contributed by atoms with E-state index in [0.717, 1.165) is 34.3 Å². The monoisotopic (exact) mass is 293 g/mol. The smallest absolute Gasteiger partial charge is 0.227 e. The number of hydrogen-bond acceptors (Lipinski definition) is 3. The Labute approximate surface area is 108 Å². The summed E-state index contributed by atoms with van der Waals surface area (Å²) in [6.07, 6.45) is 1.86. The zero-order valence-electron chi connectivity index (χ0n) is 9.19. The molecule has 0 saturated heterocycles. The molecule has 3 rings (SSSR count). The third-order valence-corrected chi connectivity index (χ3v) is 3.71. The van der Waals surface area contributed by atoms with Crippen LogP contribution in [0, 0.1) is 0 Å². The number of aromatic nitrogens is 1. The summed E-state index contributed by atoms with van der Waals surface area (Å²) in [4.78, 5) is 4.51. The fraction of sp³-hybridized carbons (Fsp3) is 0.308. The lowest BCUT2D eigenvalue weighted by atomic mass is 9.99. The predicted molar refractivity (Wildman–Crippen MR) is 67.7 cm³/mol. The van der Waals surface area contributed by atoms with Crippen LogP contribution in [0.3, 0.4) is 0 Å². The molecule has 2 aromatic rings. The van der Waals surface area contributed by atoms with E-state index < -0.39 is 0 Å². The van der Waals surface area contributed by atoms with Crippen LogP contribution in [0.2, 0.25) is 0 Å². The summed E-state index contributed by atoms with van der Waals surface area (Å²) in [5, 5.41) is 9.59. The van der Waals surface area contributed by atoms with Gasteiger partial charge in [0.2, 0.25) is 5.89 Å². The van der Waals surface area contributed by atoms with Gasteiger partial charge in [0.1, 0.15) is 5.76 Å². The summed E-state index contributed by atoms with van der Waals surface area (Å²) >= 11 is 3.49. The predicted octanol–water partition coefficient (Wildman–Crippen LogP) is 2.95. The summed E-state index contributed by atoms with van der Waals surface area (Å²) in [6.45, 7) is 0. The first-order valence-corrected chi connectivity index (χ1v) is 6.45. The molecule has 0 amide bonds. The van der Waals surface area contributed by atoms with Gasteiger partial charge in [-0.1, -0.05) is 12.1 Å². The minimum atomic E-state index is -0.289. The number of oxazole rings is 1. The highest BCUT2D eigenvalue weighted by Gasteiger charge is 2.23. The largest absolute Gasteiger partial charge is 0.441 e. The number of aliphatic hydroxyl groups excluding tert-OH is 1. The number of halogens is 1. The quantitative estimate of drug-likeness (QED) is 0.879. The third kappa shape index (κ3) is 2.03. The van der Waals surface area contributed by atoms with Crippen LogP contribution < -0.4 is 0 Å². The molecule has 1 aromatic carbocycles. The average molecular weight is 294 g/mol. The van der Waals surface area contributed by atoms with E-state index in [0.29, 0.717) is 12.3 Å². The lowest BCUT2D eigenvalue weighted by Crippen LogP contribution is -2.17. The van der Waals surface area contributed by atoms with E-state index in [1.807, 2.05) is 24.3 Å². The normalized spacial score (nSPS) is 19.1. The minimum Gasteiger partial charge on any atom is -0.441 e. The van der Waals surface area contributed by atoms with Crippen LogP contribution in [0.5, 0.6) is 0 Å². The molecule has 17 heavy (non-hydrogen) atoms. The van der Waals surface area contributed by atoms with Gasteiger partial charge in [0.05, 0.1) is 17.4 Å². The highest BCUT2D eigenvalue weighted by atomic mass is 79.9. The lowest BCUT2D eigenvalue weighted by molar-refractivity contribution is 0.150. The van der Waals surface area contributed by atoms with Crippen molar-refractivity contribution < 1.29 is 9.52 Å². The highest BCUT2D eigenvalue weighted by Crippen LogP contribution is 2.31. The number of fused-ring (bicyclic) bond motifs is 1. The van der Waals surface area contributed by atoms with Gasteiger partial charge in [0, 0.05) is 10.9 Å². The van der Waals surface area contributed by atoms with Crippen LogP contribution >= 0.6 is 15.9 Å². The number of benzene rings is 1. The Morgan fingerprint density at radius 2 is 2.18 bits per heavy atom. The Morgan fingerprint density at radius 1 is 1.35 bits per heavy atom. The number of rotatable bonds is 1. The number of hydrogen-bond donors (Lipinski definition) is 1. The molecule has 0 radical (unpaired) electrons. The number of nitrogens with zero attached hydrogens (tertiary/aromatic N) is 1. The van der Waals surface area contributed by atoms with Crippen molar-refractivity contribution in [2.24, 2.45) is 0 Å². The molecule has 1 aromatic heterocycles. The summed E-state index contributed by atoms with van der Waals surface area (Å²) in [5.41, 5.74) is 1.94. The van der Waals surface area contributed by atoms with E-state index in [-0.39, 0.29) is 6.10 Å². The van der Waals surface area contributed by atoms with Gasteiger partial charge in [-0.25, -0.2) is 4.98 Å². The van der Waals surface area contributed by atoms with Crippen molar-refractivity contribution in [1.29, 1.82) is 0 Å². The topological polar surface area (TPSA) is 46.3 Å². The Balaban J connectivity index is 2.03. The van der Waals surface area contributed by atoms with Gasteiger partial charge in [-0.15, -0.1) is 0 Å². The van der Waals surface area contributed by atoms with Gasteiger partial charge in [-0.05, 0) is 40.9 Å². The molecule has 3 nitrogen and oxygen atoms in total. The van der Waals surface area contributed by atoms with Crippen LogP contribution in [-0.4, -0.2) is 16.2 Å². The molecule has 0 fully saturated rings. The molecule has 4 heteroatoms. The van der Waals surface area contributed by atoms with Gasteiger partial charge < -0.3 is 9.52 Å². The fourth-order valence-corrected chi connectivity index (χ4v) is 2.56. The van der Waals surface area contributed by atoms with Crippen LogP contribution in [0.1, 0.15) is 17.9 Å². The van der Waals surface area contributed by atoms with E-state index in [1.165, 1.54) is 0 Å². The summed E-state index contributed by atoms with van der Waals surface area (Å²) in [7, 11) is 0. The maximum absolute atomic E-state index is 9.59. The average Bonchev–Trinajstić information content (AvgIpc) is 2.72. The van der Waals surface area contributed by atoms with E-state index in [4.69, 9.17) is 4.42 Å². The molecule has 0 spiro atoms. The second-order valence-corrected chi connectivity index (χ2v) is 5.12. The molecular weight excluding hydrogens is 282 g/mol. The second-order valence-electron chi connectivity index (χ2n) is 4.27. The van der Waals surface area contributed by atoms with E-state index in [9.17, 15) is 5.11 Å². The molecular formula is C13H12BrNO2. The van der Waals surface area contributed by atoms with Crippen molar-refractivity contribution in [3.63, 3.8) is 0 Å². The molecule has 0 saturated carbocycles. The summed E-state index contributed by atoms with van der Waals surface area (Å²) in [6, 6.07) is 7.85. The first-order chi connectivity index (χ1) is 8.24. The van der Waals surface area contributed by atoms with Crippen LogP contribution in [0.15, 0.2) is 33.2 Å². The van der Waals surface area contributed by atoms with Crippen molar-refractivity contribution in [2.45, 2.75) is 25.4 Å². The van der Waals surface area contributed by atoms with Crippen molar-refractivity contribution in [1.82, 2.24) is 4.98 Å². The highest BCUT2D eigenvalue weighted by molar-refractivity contribution is 9.10. The Kier molecular flexibility index (Phi) is 2.76. The number of aryl methyl sites for hydroxylation is 1. The third-order valence-electron chi connectivity index (χ3n) is 3.02. The molecule has 1 unspecified atom stereocenters. The fourth-order valence-electron chi connectivity index (χ4n) is 2.11. The minimum absolute atomic E-state index is 0.289. The Bertz CT molecular complexity index is 550. The molecule has 88 valence electrons. The molecule has 1 aliphatic rings. The lowest BCUT2D eigenvalue weighted by Gasteiger charge is -2.13. The first-order valence-electron chi connectivity index (χ1n) is 5.65. The Morgan fingerprint density at radius 3 is 3.00 bits per heavy atom. The van der Waals surface area contributed by atoms with Gasteiger partial charge in [-0.2, -0.15) is 0 Å². The molecule has 1 atom stereocenters. The standard InChI is InChI=1S/C13H12BrNO2/c14-10-4-2-1-3-9(10)13-15-11-6-5-8(16)7-12(11)17-13/h1-4,8,16H,5-7H2. The SMILES string of the molecule is OC1CCc2nc(-c3ccccc3Br)oc2C1. The van der Waals surface area contributed by atoms with Crippen LogP contribution in [0.4, 0.5) is 0 Å². The molecule has 1 heterocycles. The van der Waals surface area contributed by atoms with Crippen molar-refractivity contribution in [3.05, 3.63) is 40.2 Å². The van der Waals surface area contributed by atoms with Crippen molar-refractivity contribution in [2.75, 3.05) is 0 Å². The first kappa shape index (κ1) is 11.0. The summed E-state index contributed by atoms with van der Waals surface area (Å²) in [5.74, 6) is 1.46. The molecule has 0 bridgehead atoms. The number of aliphatic hydroxyl groups is 1. The van der Waals surface area contributed by atoms with Crippen LogP contribution in [0.25, 0.3) is 11.5 Å². The second kappa shape index (κ2) is 4.27. The van der Waals surface area contributed by atoms with Crippen molar-refractivity contribution >= 4 is 15.9 Å². The van der Waals surface area contributed by atoms with Gasteiger partial charge >= 0.3 is 0 Å². The maximum atomic E-state index is 9.59. The van der Waals surface area contributed by atoms with Gasteiger partial charge in [0.25, 0.3) is 0 Å². The Hall–Kier alpha value is -1.13. The van der Waals surface area contributed by atoms with Gasteiger partial charge in [0.15, 0.2) is 0 Å². The van der Waals surface area contributed by atoms with Gasteiger partial charge in [-0.3, -0.25) is 0 Å². The molecule has 0 aliphatic heterocycles. The van der Waals surface area contributed by atoms with E-state index >= 15 is 0 Å². The van der Waals surface area contributed by atoms with Crippen molar-refractivity contribution in [3.8, 4) is 11.5 Å². The van der Waals surface area contributed by atoms with E-state index in [2.05, 4.69) is 20.9 Å². The summed E-state index contributed by atoms with van der Waals surface area (Å²) < 4.78 is 6.71. The maximum Gasteiger partial charge on any atom is 0.227 e. The zero-order valence-corrected chi connectivity index (χ0v) is 10.8. The zero-order chi connectivity index (χ0) is 11.8. The molecule has 1 N–H and O–H groups in total. The molecule has 1 aliphatic carbocycles.